The third kappa shape index (κ3) is 9.23. The summed E-state index contributed by atoms with van der Waals surface area (Å²) >= 11 is 12.6. The number of alkyl halides is 3. The van der Waals surface area contributed by atoms with Gasteiger partial charge in [0, 0.05) is 23.3 Å². The minimum atomic E-state index is -4.89. The molecule has 8 nitrogen and oxygen atoms in total. The lowest BCUT2D eigenvalue weighted by atomic mass is 10.0. The van der Waals surface area contributed by atoms with Crippen molar-refractivity contribution in [2.75, 3.05) is 24.7 Å². The van der Waals surface area contributed by atoms with Gasteiger partial charge in [0.2, 0.25) is 10.0 Å². The van der Waals surface area contributed by atoms with E-state index in [1.54, 1.807) is 36.4 Å². The second-order valence-corrected chi connectivity index (χ2v) is 13.3. The predicted octanol–water partition coefficient (Wildman–Crippen LogP) is 8.84. The van der Waals surface area contributed by atoms with Crippen molar-refractivity contribution in [1.82, 2.24) is 9.55 Å². The molecule has 0 unspecified atom stereocenters. The minimum absolute atomic E-state index is 0.0654. The predicted molar refractivity (Wildman–Crippen MR) is 185 cm³/mol. The number of methoxy groups -OCH3 is 2. The Hall–Kier alpha value is -4.78. The number of anilines is 1. The summed E-state index contributed by atoms with van der Waals surface area (Å²) in [5, 5.41) is 0.955. The number of aromatic nitrogens is 2. The number of carbonyl (C=O) groups excluding carboxylic acids is 1. The molecule has 0 spiro atoms. The highest BCUT2D eigenvalue weighted by molar-refractivity contribution is 7.92. The van der Waals surface area contributed by atoms with Gasteiger partial charge in [-0.25, -0.2) is 18.2 Å². The molecule has 1 N–H and O–H groups in total. The van der Waals surface area contributed by atoms with Crippen LogP contribution in [0.15, 0.2) is 91.1 Å². The quantitative estimate of drug-likeness (QED) is 0.136. The fourth-order valence-corrected chi connectivity index (χ4v) is 6.42. The molecule has 0 saturated heterocycles. The lowest BCUT2D eigenvalue weighted by Gasteiger charge is -2.14. The maximum absolute atomic E-state index is 12.7. The molecule has 0 radical (unpaired) electrons. The Morgan fingerprint density at radius 1 is 0.918 bits per heavy atom. The largest absolute Gasteiger partial charge is 0.495 e. The Bertz CT molecular complexity index is 2120. The number of benzene rings is 4. The van der Waals surface area contributed by atoms with E-state index in [2.05, 4.69) is 0 Å². The number of hydrogen-bond donors (Lipinski definition) is 1. The zero-order chi connectivity index (χ0) is 35.3. The van der Waals surface area contributed by atoms with Gasteiger partial charge in [-0.1, -0.05) is 71.7 Å². The third-order valence-electron chi connectivity index (χ3n) is 7.23. The number of ether oxygens (including phenoxy) is 2. The smallest absolute Gasteiger partial charge is 0.404 e. The molecule has 0 aliphatic carbocycles. The van der Waals surface area contributed by atoms with E-state index in [1.165, 1.54) is 26.4 Å². The van der Waals surface area contributed by atoms with Gasteiger partial charge in [0.15, 0.2) is 5.75 Å². The summed E-state index contributed by atoms with van der Waals surface area (Å²) in [5.74, 6) is -1.74. The van der Waals surface area contributed by atoms with Crippen LogP contribution in [0.4, 0.5) is 18.9 Å². The third-order valence-corrected chi connectivity index (χ3v) is 9.02. The normalized spacial score (nSPS) is 11.9. The van der Waals surface area contributed by atoms with Gasteiger partial charge in [0.05, 0.1) is 36.2 Å². The first-order chi connectivity index (χ1) is 23.2. The zero-order valence-corrected chi connectivity index (χ0v) is 28.3. The van der Waals surface area contributed by atoms with Crippen molar-refractivity contribution in [3.05, 3.63) is 124 Å². The van der Waals surface area contributed by atoms with Crippen LogP contribution in [-0.2, 0) is 21.3 Å². The second kappa shape index (κ2) is 14.8. The summed E-state index contributed by atoms with van der Waals surface area (Å²) in [4.78, 5) is 16.7. The fourth-order valence-electron chi connectivity index (χ4n) is 4.91. The van der Waals surface area contributed by atoms with Gasteiger partial charge in [-0.2, -0.15) is 13.2 Å². The number of esters is 1. The van der Waals surface area contributed by atoms with Gasteiger partial charge < -0.3 is 14.0 Å². The summed E-state index contributed by atoms with van der Waals surface area (Å²) in [5.41, 5.74) is 4.86. The van der Waals surface area contributed by atoms with Crippen molar-refractivity contribution in [3.8, 4) is 28.1 Å². The number of halogens is 5. The molecule has 4 aromatic carbocycles. The van der Waals surface area contributed by atoms with E-state index in [0.717, 1.165) is 16.7 Å². The van der Waals surface area contributed by atoms with Gasteiger partial charge in [0.1, 0.15) is 11.6 Å². The molecule has 0 atom stereocenters. The number of nitrogens with one attached hydrogen (secondary N) is 1. The van der Waals surface area contributed by atoms with E-state index in [4.69, 9.17) is 37.7 Å². The van der Waals surface area contributed by atoms with Crippen LogP contribution in [0.1, 0.15) is 27.3 Å². The molecule has 0 aliphatic heterocycles. The van der Waals surface area contributed by atoms with Crippen molar-refractivity contribution < 1.29 is 35.9 Å². The Kier molecular flexibility index (Phi) is 10.7. The molecule has 0 amide bonds. The second-order valence-electron chi connectivity index (χ2n) is 10.8. The molecular weight excluding hydrogens is 702 g/mol. The van der Waals surface area contributed by atoms with Crippen LogP contribution < -0.4 is 9.46 Å². The lowest BCUT2D eigenvalue weighted by molar-refractivity contribution is -0.106. The molecule has 49 heavy (non-hydrogen) atoms. The van der Waals surface area contributed by atoms with E-state index in [0.29, 0.717) is 44.8 Å². The molecule has 5 aromatic rings. The topological polar surface area (TPSA) is 99.5 Å². The van der Waals surface area contributed by atoms with Crippen molar-refractivity contribution in [3.63, 3.8) is 0 Å². The van der Waals surface area contributed by atoms with Crippen LogP contribution in [0.25, 0.3) is 34.5 Å². The number of imidazole rings is 1. The molecule has 5 rings (SSSR count). The average molecular weight is 731 g/mol. The SMILES string of the molecule is COC(=O)c1ccc(Cn2cc(-c3ccc(Cl)cc3Cl)nc2C=Cc2ccc(-c3ccc(NS(=O)(=O)CC(F)(F)F)c(OC)c3)cc2)cc1. The maximum Gasteiger partial charge on any atom is 0.404 e. The number of carbonyl (C=O) groups is 1. The molecule has 254 valence electrons. The maximum atomic E-state index is 12.7. The Morgan fingerprint density at radius 3 is 2.24 bits per heavy atom. The van der Waals surface area contributed by atoms with Crippen molar-refractivity contribution in [2.24, 2.45) is 0 Å². The van der Waals surface area contributed by atoms with Crippen LogP contribution in [0, 0.1) is 0 Å². The van der Waals surface area contributed by atoms with E-state index in [1.807, 2.05) is 64.0 Å². The number of nitrogens with zero attached hydrogens (tertiary/aromatic N) is 2. The van der Waals surface area contributed by atoms with Crippen molar-refractivity contribution in [2.45, 2.75) is 12.7 Å². The highest BCUT2D eigenvalue weighted by Gasteiger charge is 2.35. The van der Waals surface area contributed by atoms with Gasteiger partial charge in [-0.3, -0.25) is 4.72 Å². The zero-order valence-electron chi connectivity index (χ0n) is 26.0. The first-order valence-corrected chi connectivity index (χ1v) is 16.9. The lowest BCUT2D eigenvalue weighted by Crippen LogP contribution is -2.28. The summed E-state index contributed by atoms with van der Waals surface area (Å²) in [6.45, 7) is 0.447. The van der Waals surface area contributed by atoms with E-state index in [-0.39, 0.29) is 11.4 Å². The fraction of sp³-hybridized carbons (Fsp3) is 0.143. The minimum Gasteiger partial charge on any atom is -0.495 e. The first-order valence-electron chi connectivity index (χ1n) is 14.5. The highest BCUT2D eigenvalue weighted by Crippen LogP contribution is 2.33. The Morgan fingerprint density at radius 2 is 1.61 bits per heavy atom. The number of hydrogen-bond acceptors (Lipinski definition) is 6. The standard InChI is InChI=1S/C35H28Cl2F3N3O5S/c1-47-32-17-26(12-15-30(32)42-49(45,46)21-35(38,39)40)24-8-3-22(4-9-24)7-16-33-41-31(28-14-13-27(36)18-29(28)37)20-43(33)19-23-5-10-25(11-6-23)34(44)48-2/h3-18,20,42H,19,21H2,1-2H3. The van der Waals surface area contributed by atoms with Crippen LogP contribution in [0.2, 0.25) is 10.0 Å². The monoisotopic (exact) mass is 729 g/mol. The summed E-state index contributed by atoms with van der Waals surface area (Å²) < 4.78 is 75.9. The van der Waals surface area contributed by atoms with Crippen LogP contribution in [0.3, 0.4) is 0 Å². The van der Waals surface area contributed by atoms with Gasteiger partial charge >= 0.3 is 12.1 Å². The molecule has 0 bridgehead atoms. The molecule has 14 heteroatoms. The average Bonchev–Trinajstić information content (AvgIpc) is 3.44. The Balaban J connectivity index is 1.39. The van der Waals surface area contributed by atoms with Crippen LogP contribution in [-0.4, -0.2) is 50.1 Å². The van der Waals surface area contributed by atoms with Crippen molar-refractivity contribution in [1.29, 1.82) is 0 Å². The first kappa shape index (κ1) is 35.5. The summed E-state index contributed by atoms with van der Waals surface area (Å²) in [6.07, 6.45) is 0.734. The number of sulfonamides is 1. The van der Waals surface area contributed by atoms with E-state index in [9.17, 15) is 26.4 Å². The van der Waals surface area contributed by atoms with Gasteiger partial charge in [-0.05, 0) is 70.8 Å². The van der Waals surface area contributed by atoms with E-state index >= 15 is 0 Å². The molecule has 1 aromatic heterocycles. The molecule has 0 fully saturated rings. The van der Waals surface area contributed by atoms with Crippen LogP contribution >= 0.6 is 23.2 Å². The molecular formula is C35H28Cl2F3N3O5S. The number of rotatable bonds is 11. The van der Waals surface area contributed by atoms with Gasteiger partial charge in [0.25, 0.3) is 0 Å². The molecule has 1 heterocycles. The molecule has 0 saturated carbocycles. The van der Waals surface area contributed by atoms with Crippen LogP contribution in [0.5, 0.6) is 5.75 Å². The van der Waals surface area contributed by atoms with Gasteiger partial charge in [-0.15, -0.1) is 0 Å². The van der Waals surface area contributed by atoms with E-state index < -0.39 is 27.9 Å². The Labute approximate surface area is 290 Å². The summed E-state index contributed by atoms with van der Waals surface area (Å²) in [7, 11) is -2.06. The summed E-state index contributed by atoms with van der Waals surface area (Å²) in [6, 6.07) is 24.1. The highest BCUT2D eigenvalue weighted by atomic mass is 35.5. The molecule has 0 aliphatic rings. The van der Waals surface area contributed by atoms with Crippen molar-refractivity contribution >= 4 is 57.0 Å².